The van der Waals surface area contributed by atoms with Crippen LogP contribution >= 0.6 is 35.0 Å². The quantitative estimate of drug-likeness (QED) is 0.263. The topological polar surface area (TPSA) is 0 Å². The smallest absolute Gasteiger partial charge is 0.123 e. The molecule has 174 valence electrons. The van der Waals surface area contributed by atoms with E-state index in [4.69, 9.17) is 23.2 Å². The van der Waals surface area contributed by atoms with Crippen LogP contribution in [0.15, 0.2) is 71.6 Å². The van der Waals surface area contributed by atoms with Gasteiger partial charge >= 0.3 is 0 Å². The second kappa shape index (κ2) is 11.8. The molecule has 0 aliphatic carbocycles. The van der Waals surface area contributed by atoms with Gasteiger partial charge in [0.15, 0.2) is 0 Å². The van der Waals surface area contributed by atoms with Crippen molar-refractivity contribution in [2.45, 2.75) is 73.9 Å². The van der Waals surface area contributed by atoms with Crippen molar-refractivity contribution in [3.8, 4) is 0 Å². The molecule has 0 nitrogen and oxygen atoms in total. The van der Waals surface area contributed by atoms with E-state index in [0.717, 1.165) is 28.5 Å². The van der Waals surface area contributed by atoms with Crippen LogP contribution in [0.3, 0.4) is 0 Å². The molecule has 1 heterocycles. The maximum Gasteiger partial charge on any atom is 0.123 e. The molecule has 0 amide bonds. The minimum atomic E-state index is -0.151. The molecule has 3 atom stereocenters. The Morgan fingerprint density at radius 1 is 0.758 bits per heavy atom. The van der Waals surface area contributed by atoms with Crippen LogP contribution in [-0.2, 0) is 0 Å². The second-order valence-electron chi connectivity index (χ2n) is 9.01. The summed E-state index contributed by atoms with van der Waals surface area (Å²) in [5, 5.41) is 1.71. The summed E-state index contributed by atoms with van der Waals surface area (Å²) in [6, 6.07) is 21.8. The molecular weight excluding hydrogens is 470 g/mol. The van der Waals surface area contributed by atoms with Gasteiger partial charge in [-0.3, -0.25) is 0 Å². The average molecular weight is 502 g/mol. The Morgan fingerprint density at radius 3 is 2.03 bits per heavy atom. The minimum absolute atomic E-state index is 0.151. The van der Waals surface area contributed by atoms with E-state index < -0.39 is 0 Å². The predicted molar refractivity (Wildman–Crippen MR) is 141 cm³/mol. The van der Waals surface area contributed by atoms with E-state index in [1.54, 1.807) is 12.1 Å². The molecule has 33 heavy (non-hydrogen) atoms. The number of hydrogen-bond acceptors (Lipinski definition) is 1. The van der Waals surface area contributed by atoms with E-state index in [-0.39, 0.29) is 22.9 Å². The lowest BCUT2D eigenvalue weighted by atomic mass is 9.74. The molecule has 0 fully saturated rings. The van der Waals surface area contributed by atoms with E-state index in [1.807, 2.05) is 42.1 Å². The van der Waals surface area contributed by atoms with Gasteiger partial charge in [0.2, 0.25) is 0 Å². The minimum Gasteiger partial charge on any atom is -0.207 e. The summed E-state index contributed by atoms with van der Waals surface area (Å²) >= 11 is 14.3. The molecule has 4 heteroatoms. The molecule has 1 aliphatic heterocycles. The van der Waals surface area contributed by atoms with Gasteiger partial charge in [0, 0.05) is 26.1 Å². The predicted octanol–water partition coefficient (Wildman–Crippen LogP) is 10.6. The first-order valence-electron chi connectivity index (χ1n) is 12.0. The number of benzene rings is 3. The molecule has 3 aromatic carbocycles. The summed E-state index contributed by atoms with van der Waals surface area (Å²) in [4.78, 5) is 1.19. The lowest BCUT2D eigenvalue weighted by Gasteiger charge is -2.40. The van der Waals surface area contributed by atoms with Crippen molar-refractivity contribution in [2.24, 2.45) is 0 Å². The van der Waals surface area contributed by atoms with Gasteiger partial charge in [0.25, 0.3) is 0 Å². The van der Waals surface area contributed by atoms with Crippen molar-refractivity contribution in [1.29, 1.82) is 0 Å². The molecule has 0 bridgehead atoms. The first-order chi connectivity index (χ1) is 16.1. The van der Waals surface area contributed by atoms with Crippen LogP contribution in [0.25, 0.3) is 0 Å². The fourth-order valence-electron chi connectivity index (χ4n) is 5.03. The third-order valence-corrected chi connectivity index (χ3v) is 8.66. The highest BCUT2D eigenvalue weighted by Crippen LogP contribution is 2.59. The van der Waals surface area contributed by atoms with Gasteiger partial charge in [-0.15, -0.1) is 11.8 Å². The molecule has 3 aromatic rings. The zero-order chi connectivity index (χ0) is 23.2. The molecule has 3 unspecified atom stereocenters. The summed E-state index contributed by atoms with van der Waals surface area (Å²) in [6.07, 6.45) is 8.59. The van der Waals surface area contributed by atoms with Gasteiger partial charge in [-0.25, -0.2) is 4.39 Å². The monoisotopic (exact) mass is 500 g/mol. The van der Waals surface area contributed by atoms with Crippen LogP contribution in [0.2, 0.25) is 10.0 Å². The first kappa shape index (κ1) is 24.6. The maximum atomic E-state index is 14.4. The molecular formula is C29H31Cl2FS. The second-order valence-corrected chi connectivity index (χ2v) is 11.1. The standard InChI is InChI=1S/C29H31Cl2FS/c1-2-3-4-5-6-7-8-25-26-19-24(32)17-18-27(26)33-29(21-11-15-23(31)16-12-21)28(25)20-9-13-22(30)14-10-20/h9-19,25,28-29H,2-8H2,1H3. The van der Waals surface area contributed by atoms with Crippen LogP contribution in [0.4, 0.5) is 4.39 Å². The summed E-state index contributed by atoms with van der Waals surface area (Å²) in [7, 11) is 0. The van der Waals surface area contributed by atoms with Gasteiger partial charge in [0.05, 0.1) is 0 Å². The number of thioether (sulfide) groups is 1. The Kier molecular flexibility index (Phi) is 8.79. The summed E-state index contributed by atoms with van der Waals surface area (Å²) in [5.41, 5.74) is 3.67. The summed E-state index contributed by atoms with van der Waals surface area (Å²) in [5.74, 6) is 0.338. The van der Waals surface area contributed by atoms with E-state index in [2.05, 4.69) is 31.2 Å². The van der Waals surface area contributed by atoms with Crippen molar-refractivity contribution >= 4 is 35.0 Å². The Bertz CT molecular complexity index is 1030. The highest BCUT2D eigenvalue weighted by atomic mass is 35.5. The van der Waals surface area contributed by atoms with E-state index in [9.17, 15) is 4.39 Å². The van der Waals surface area contributed by atoms with Crippen LogP contribution in [0.1, 0.15) is 85.6 Å². The van der Waals surface area contributed by atoms with Crippen molar-refractivity contribution in [3.05, 3.63) is 99.3 Å². The van der Waals surface area contributed by atoms with Crippen LogP contribution in [0, 0.1) is 5.82 Å². The van der Waals surface area contributed by atoms with Crippen molar-refractivity contribution in [2.75, 3.05) is 0 Å². The van der Waals surface area contributed by atoms with E-state index in [1.165, 1.54) is 48.1 Å². The highest BCUT2D eigenvalue weighted by Gasteiger charge is 2.39. The van der Waals surface area contributed by atoms with Crippen LogP contribution in [0.5, 0.6) is 0 Å². The van der Waals surface area contributed by atoms with Gasteiger partial charge in [-0.1, -0.05) is 92.9 Å². The van der Waals surface area contributed by atoms with Crippen LogP contribution in [-0.4, -0.2) is 0 Å². The first-order valence-corrected chi connectivity index (χ1v) is 13.7. The maximum absolute atomic E-state index is 14.4. The van der Waals surface area contributed by atoms with Crippen molar-refractivity contribution in [3.63, 3.8) is 0 Å². The molecule has 4 rings (SSSR count). The zero-order valence-corrected chi connectivity index (χ0v) is 21.4. The lowest BCUT2D eigenvalue weighted by molar-refractivity contribution is 0.450. The third kappa shape index (κ3) is 6.15. The van der Waals surface area contributed by atoms with E-state index in [0.29, 0.717) is 0 Å². The molecule has 0 N–H and O–H groups in total. The van der Waals surface area contributed by atoms with Gasteiger partial charge in [0.1, 0.15) is 5.82 Å². The number of unbranched alkanes of at least 4 members (excludes halogenated alkanes) is 5. The zero-order valence-electron chi connectivity index (χ0n) is 19.1. The number of fused-ring (bicyclic) bond motifs is 1. The SMILES string of the molecule is CCCCCCCCC1c2cc(F)ccc2SC(c2ccc(Cl)cc2)C1c1ccc(Cl)cc1. The van der Waals surface area contributed by atoms with Crippen molar-refractivity contribution in [1.82, 2.24) is 0 Å². The highest BCUT2D eigenvalue weighted by molar-refractivity contribution is 7.99. The molecule has 1 aliphatic rings. The molecule has 0 spiro atoms. The fraction of sp³-hybridized carbons (Fsp3) is 0.379. The normalized spacial score (nSPS) is 19.9. The number of halogens is 3. The van der Waals surface area contributed by atoms with Crippen LogP contribution < -0.4 is 0 Å². The van der Waals surface area contributed by atoms with Crippen molar-refractivity contribution < 1.29 is 4.39 Å². The van der Waals surface area contributed by atoms with E-state index >= 15 is 0 Å². The largest absolute Gasteiger partial charge is 0.207 e. The van der Waals surface area contributed by atoms with Gasteiger partial charge < -0.3 is 0 Å². The molecule has 0 radical (unpaired) electrons. The van der Waals surface area contributed by atoms with Gasteiger partial charge in [-0.2, -0.15) is 0 Å². The number of hydrogen-bond donors (Lipinski definition) is 0. The number of rotatable bonds is 9. The summed E-state index contributed by atoms with van der Waals surface area (Å²) < 4.78 is 14.4. The molecule has 0 saturated carbocycles. The Hall–Kier alpha value is -1.48. The Balaban J connectivity index is 1.71. The third-order valence-electron chi connectivity index (χ3n) is 6.71. The van der Waals surface area contributed by atoms with Gasteiger partial charge in [-0.05, 0) is 71.5 Å². The molecule has 0 aromatic heterocycles. The average Bonchev–Trinajstić information content (AvgIpc) is 2.82. The fourth-order valence-corrected chi connectivity index (χ4v) is 6.84. The molecule has 0 saturated heterocycles. The Labute approximate surface area is 211 Å². The summed E-state index contributed by atoms with van der Waals surface area (Å²) in [6.45, 7) is 2.25. The Morgan fingerprint density at radius 2 is 1.36 bits per heavy atom. The lowest BCUT2D eigenvalue weighted by Crippen LogP contribution is -2.22.